The number of phenolic OH excluding ortho intramolecular Hbond substituents is 1. The van der Waals surface area contributed by atoms with Crippen LogP contribution >= 0.6 is 21.6 Å². The smallest absolute Gasteiger partial charge is 0.329 e. The van der Waals surface area contributed by atoms with Crippen LogP contribution in [0.3, 0.4) is 0 Å². The first-order valence-electron chi connectivity index (χ1n) is 41.7. The van der Waals surface area contributed by atoms with Crippen molar-refractivity contribution in [3.05, 3.63) is 192 Å². The largest absolute Gasteiger partial charge is 0.508 e. The molecule has 2 aliphatic rings. The number of carboxylic acid groups (broad SMARTS) is 1. The predicted octanol–water partition coefficient (Wildman–Crippen LogP) is 7.54. The number of imidazole rings is 1. The Bertz CT molecular complexity index is 5230. The average molecular weight is 1860 g/mol. The molecule has 8 rings (SSSR count). The topological polar surface area (TPSA) is 768 Å². The molecule has 5 aromatic carbocycles. The van der Waals surface area contributed by atoms with Crippen molar-refractivity contribution in [2.75, 3.05) is 44.2 Å². The lowest BCUT2D eigenvalue weighted by Gasteiger charge is -2.27. The van der Waals surface area contributed by atoms with Crippen molar-refractivity contribution in [1.82, 2.24) is 25.5 Å². The molecule has 1 aromatic heterocycles. The fourth-order valence-electron chi connectivity index (χ4n) is 13.4. The van der Waals surface area contributed by atoms with E-state index in [0.717, 1.165) is 26.5 Å². The fraction of sp³-hybridized carbons (Fsp3) is 0.395. The molecule has 1 saturated heterocycles. The number of phenols is 1. The van der Waals surface area contributed by atoms with Crippen molar-refractivity contribution in [1.29, 1.82) is 21.6 Å². The zero-order valence-electron chi connectivity index (χ0n) is 71.5. The SMILES string of the molecule is N=C(O)C[C@@H]1N=C(O)[C@H](Cc2cnc[nH]2)N=C(O)[C@H](CC(=N)O)N=C(O)[C@H](Cc2ccccc2)N=C(O)[C@H](Cc2ccccc2)N=C(O)CN=C(O)CN=C(O)[C@H](CCCNC(=N)N)N=C(O)[C@H](Cc2ccccc2)N=C(O)[C@H](Cc2ccccc2)N=C(O)[C@@H](N)CSSC[C@@H](C(=O)O)N=C(O)[C@H](Cc2ccc(O)cc2)N=C(O)[C@H](CCCNC(=N)N)N=C(O)[C@@H]2CCCN2C1=O. The monoisotopic (exact) mass is 1860 g/mol. The molecule has 0 unspecified atom stereocenters. The number of hydrogen-bond acceptors (Lipinski definition) is 24. The molecule has 132 heavy (non-hydrogen) atoms. The number of hydrogen-bond donors (Lipinski definition) is 27. The highest BCUT2D eigenvalue weighted by molar-refractivity contribution is 8.76. The Morgan fingerprint density at radius 3 is 1.24 bits per heavy atom. The maximum absolute atomic E-state index is 15.0. The average Bonchev–Trinajstić information content (AvgIpc) is 1.66. The molecule has 706 valence electrons. The first-order chi connectivity index (χ1) is 63.1. The first kappa shape index (κ1) is 103. The second-order valence-electron chi connectivity index (χ2n) is 30.4. The van der Waals surface area contributed by atoms with E-state index in [0.29, 0.717) is 27.8 Å². The molecule has 2 aliphatic heterocycles. The fourth-order valence-corrected chi connectivity index (χ4v) is 15.6. The third-order valence-corrected chi connectivity index (χ3v) is 22.5. The number of aliphatic carboxylic acids is 1. The summed E-state index contributed by atoms with van der Waals surface area (Å²) in [7, 11) is 1.86. The summed E-state index contributed by atoms with van der Waals surface area (Å²) >= 11 is 0. The molecular formula is C86H111N25O19S2. The van der Waals surface area contributed by atoms with Gasteiger partial charge in [0, 0.05) is 81.6 Å². The number of aliphatic hydroxyl groups is 15. The zero-order chi connectivity index (χ0) is 95.8. The maximum Gasteiger partial charge on any atom is 0.329 e. The van der Waals surface area contributed by atoms with Gasteiger partial charge in [-0.2, -0.15) is 0 Å². The summed E-state index contributed by atoms with van der Waals surface area (Å²) in [6.07, 6.45) is -0.791. The van der Waals surface area contributed by atoms with Gasteiger partial charge in [0.15, 0.2) is 35.7 Å². The number of amides is 1. The molecule has 1 fully saturated rings. The third-order valence-electron chi connectivity index (χ3n) is 20.1. The Morgan fingerprint density at radius 1 is 0.424 bits per heavy atom. The van der Waals surface area contributed by atoms with Crippen LogP contribution in [0.1, 0.15) is 84.9 Å². The van der Waals surface area contributed by atoms with E-state index in [1.807, 2.05) is 0 Å². The lowest BCUT2D eigenvalue weighted by molar-refractivity contribution is -0.138. The van der Waals surface area contributed by atoms with Crippen LogP contribution in [0.5, 0.6) is 5.75 Å². The summed E-state index contributed by atoms with van der Waals surface area (Å²) in [5.41, 5.74) is 20.5. The molecule has 13 atom stereocenters. The molecule has 1 amide bonds. The minimum absolute atomic E-state index is 0.00907. The Hall–Kier alpha value is -14.7. The van der Waals surface area contributed by atoms with Crippen molar-refractivity contribution in [2.24, 2.45) is 82.1 Å². The quantitative estimate of drug-likeness (QED) is 0.0114. The molecule has 0 bridgehead atoms. The molecule has 3 heterocycles. The van der Waals surface area contributed by atoms with Gasteiger partial charge in [-0.3, -0.25) is 26.4 Å². The number of benzene rings is 5. The lowest BCUT2D eigenvalue weighted by Crippen LogP contribution is -2.46. The number of carbonyl (C=O) groups is 2. The third kappa shape index (κ3) is 35.1. The second kappa shape index (κ2) is 52.7. The molecule has 44 nitrogen and oxygen atoms in total. The molecule has 46 heteroatoms. The highest BCUT2D eigenvalue weighted by Crippen LogP contribution is 2.28. The number of aromatic amines is 1. The summed E-state index contributed by atoms with van der Waals surface area (Å²) in [6, 6.07) is 18.5. The van der Waals surface area contributed by atoms with Gasteiger partial charge in [-0.1, -0.05) is 155 Å². The van der Waals surface area contributed by atoms with E-state index in [4.69, 9.17) is 38.8 Å². The number of guanidine groups is 2. The van der Waals surface area contributed by atoms with Gasteiger partial charge in [0.25, 0.3) is 0 Å². The van der Waals surface area contributed by atoms with E-state index >= 15 is 4.79 Å². The number of carboxylic acids is 1. The number of nitrogens with one attached hydrogen (secondary N) is 7. The first-order valence-corrected chi connectivity index (χ1v) is 44.1. The standard InChI is InChI=1S/C86H111N25O19S2/c87-55-45-131-132-46-66(84(129)130)110-79(124)62(38-52-27-29-54(112)30-28-52)104-74(119)57(25-14-32-96-86(92)93)102-82(127)67-26-15-33-111(67)83(128)65(41-69(89)114)109-80(125)63(39-53-42-94-47-99-53)107-81(126)64(40-68(88)113)108-78(123)61(37-51-22-11-4-12-23-51)105-75(120)58(34-48-16-5-1-6-17-48)100-71(116)44-97-70(115)43-98-73(118)56(24-13-31-95-85(90)91)101-76(121)60(36-50-20-9-3-10-21-50)106-77(122)59(103-72(55)117)35-49-18-7-2-8-19-49/h1-12,16-23,27-30,42,47,55-67,112H,13-15,24-26,31-41,43-46,87H2,(H2,88,113)(H2,89,114)(H,94,99)(H,97,115)(H,98,118)(H,100,116)(H,101,121)(H,102,127)(H,103,117)(H,104,119)(H,105,120)(H,106,122)(H,107,126)(H,108,123)(H,109,125)(H,110,124)(H,129,130)(H4,90,91,95)(H4,92,93,96)/t55-,56-,57-,58-,59-,60-,61-,62-,63-,64-,65-,66-,67-/m0/s1. The van der Waals surface area contributed by atoms with Crippen molar-refractivity contribution < 1.29 is 96.4 Å². The normalized spacial score (nSPS) is 23.1. The summed E-state index contributed by atoms with van der Waals surface area (Å²) in [6.45, 7) is -1.69. The van der Waals surface area contributed by atoms with Gasteiger partial charge in [0.1, 0.15) is 85.3 Å². The van der Waals surface area contributed by atoms with Gasteiger partial charge < -0.3 is 125 Å². The van der Waals surface area contributed by atoms with Gasteiger partial charge in [-0.05, 0) is 78.5 Å². The molecule has 0 aliphatic carbocycles. The Labute approximate surface area is 765 Å². The van der Waals surface area contributed by atoms with Crippen LogP contribution in [-0.4, -0.2) is 337 Å². The number of fused-ring (bicyclic) bond motifs is 1. The van der Waals surface area contributed by atoms with Gasteiger partial charge in [-0.25, -0.2) is 74.7 Å². The van der Waals surface area contributed by atoms with Gasteiger partial charge in [0.05, 0.1) is 25.2 Å². The van der Waals surface area contributed by atoms with Crippen LogP contribution in [-0.2, 0) is 48.1 Å². The van der Waals surface area contributed by atoms with Gasteiger partial charge >= 0.3 is 5.97 Å². The zero-order valence-corrected chi connectivity index (χ0v) is 73.2. The molecule has 6 aromatic rings. The minimum Gasteiger partial charge on any atom is -0.508 e. The Balaban J connectivity index is 1.27. The highest BCUT2D eigenvalue weighted by atomic mass is 33.1. The Morgan fingerprint density at radius 2 is 0.795 bits per heavy atom. The van der Waals surface area contributed by atoms with E-state index in [1.54, 1.807) is 121 Å². The minimum atomic E-state index is -1.94. The summed E-state index contributed by atoms with van der Waals surface area (Å²) < 4.78 is 0. The van der Waals surface area contributed by atoms with E-state index in [-0.39, 0.29) is 113 Å². The Kier molecular flexibility index (Phi) is 41.0. The number of rotatable bonds is 25. The summed E-state index contributed by atoms with van der Waals surface area (Å²) in [4.78, 5) is 92.1. The van der Waals surface area contributed by atoms with Crippen LogP contribution < -0.4 is 27.8 Å². The van der Waals surface area contributed by atoms with E-state index in [9.17, 15) is 91.6 Å². The van der Waals surface area contributed by atoms with Crippen molar-refractivity contribution >= 4 is 134 Å². The summed E-state index contributed by atoms with van der Waals surface area (Å²) in [5.74, 6) is -17.5. The molecule has 0 radical (unpaired) electrons. The number of aliphatic imine (C=N–C) groups is 13. The predicted molar refractivity (Wildman–Crippen MR) is 510 cm³/mol. The van der Waals surface area contributed by atoms with Crippen LogP contribution in [0, 0.1) is 21.6 Å². The van der Waals surface area contributed by atoms with Crippen molar-refractivity contribution in [3.8, 4) is 5.75 Å². The molecular weight excluding hydrogens is 1750 g/mol. The second-order valence-corrected chi connectivity index (χ2v) is 32.9. The van der Waals surface area contributed by atoms with Crippen molar-refractivity contribution in [2.45, 2.75) is 168 Å². The maximum atomic E-state index is 15.0. The number of aliphatic hydroxyl groups excluding tert-OH is 15. The van der Waals surface area contributed by atoms with Crippen LogP contribution in [0.2, 0.25) is 0 Å². The molecule has 30 N–H and O–H groups in total. The van der Waals surface area contributed by atoms with Crippen LogP contribution in [0.15, 0.2) is 223 Å². The molecule has 0 saturated carbocycles. The number of nitrogens with zero attached hydrogens (tertiary/aromatic N) is 15. The number of aromatic nitrogens is 2. The number of H-pyrrole nitrogens is 1. The van der Waals surface area contributed by atoms with E-state index < -0.39 is 223 Å². The van der Waals surface area contributed by atoms with Gasteiger partial charge in [-0.15, -0.1) is 0 Å². The van der Waals surface area contributed by atoms with E-state index in [2.05, 4.69) is 85.5 Å². The summed E-state index contributed by atoms with van der Waals surface area (Å²) in [5, 5.41) is 234. The van der Waals surface area contributed by atoms with Crippen LogP contribution in [0.25, 0.3) is 0 Å². The molecule has 0 spiro atoms. The number of aromatic hydroxyl groups is 1. The number of carbonyl (C=O) groups excluding carboxylic acids is 1. The lowest BCUT2D eigenvalue weighted by atomic mass is 10.0. The van der Waals surface area contributed by atoms with Crippen molar-refractivity contribution in [3.63, 3.8) is 0 Å². The number of nitrogens with two attached hydrogens (primary N) is 3. The van der Waals surface area contributed by atoms with Gasteiger partial charge in [0.2, 0.25) is 76.7 Å². The van der Waals surface area contributed by atoms with Crippen LogP contribution in [0.4, 0.5) is 0 Å². The highest BCUT2D eigenvalue weighted by Gasteiger charge is 2.39. The van der Waals surface area contributed by atoms with E-state index in [1.165, 1.54) is 36.8 Å².